The molecule has 96 valence electrons. The quantitative estimate of drug-likeness (QED) is 0.647. The van der Waals surface area contributed by atoms with Gasteiger partial charge in [-0.1, -0.05) is 5.70 Å². The highest BCUT2D eigenvalue weighted by Crippen LogP contribution is 2.25. The van der Waals surface area contributed by atoms with Gasteiger partial charge in [-0.25, -0.2) is 0 Å². The Bertz CT molecular complexity index is 227. The van der Waals surface area contributed by atoms with Crippen LogP contribution in [0.5, 0.6) is 0 Å². The second-order valence-electron chi connectivity index (χ2n) is 5.79. The molecule has 0 aromatic heterocycles. The summed E-state index contributed by atoms with van der Waals surface area (Å²) in [5.41, 5.74) is 3.13. The van der Waals surface area contributed by atoms with Gasteiger partial charge in [0.25, 0.3) is 0 Å². The molecule has 0 aromatic rings. The Hall–Kier alpha value is 0.0938. The molecule has 0 radical (unpaired) electrons. The maximum absolute atomic E-state index is 6.08. The zero-order valence-corrected chi connectivity index (χ0v) is 14.0. The standard InChI is InChI=1S/C12H28O2Si2/c1-9-16(8,14-12(4)5)10-15(6,7)13-11(2)3/h9,11-12H,1,10H2,2-8H3. The van der Waals surface area contributed by atoms with Gasteiger partial charge in [-0.15, -0.1) is 6.58 Å². The lowest BCUT2D eigenvalue weighted by atomic mass is 10.5. The monoisotopic (exact) mass is 260 g/mol. The van der Waals surface area contributed by atoms with Crippen LogP contribution in [0.1, 0.15) is 27.7 Å². The molecule has 2 nitrogen and oxygen atoms in total. The largest absolute Gasteiger partial charge is 0.415 e. The molecule has 0 bridgehead atoms. The Morgan fingerprint density at radius 3 is 1.75 bits per heavy atom. The van der Waals surface area contributed by atoms with Crippen molar-refractivity contribution in [2.45, 2.75) is 65.2 Å². The number of rotatable bonds is 7. The molecule has 0 amide bonds. The van der Waals surface area contributed by atoms with E-state index in [4.69, 9.17) is 8.85 Å². The highest BCUT2D eigenvalue weighted by molar-refractivity contribution is 6.92. The fraction of sp³-hybridized carbons (Fsp3) is 0.833. The first-order valence-corrected chi connectivity index (χ1v) is 11.9. The minimum Gasteiger partial charge on any atom is -0.415 e. The second kappa shape index (κ2) is 6.14. The van der Waals surface area contributed by atoms with Gasteiger partial charge in [-0.05, 0) is 53.0 Å². The molecule has 0 aromatic carbocycles. The summed E-state index contributed by atoms with van der Waals surface area (Å²) < 4.78 is 12.1. The van der Waals surface area contributed by atoms with Gasteiger partial charge in [0.05, 0.1) is 0 Å². The first kappa shape index (κ1) is 16.1. The molecule has 0 aliphatic carbocycles. The minimum absolute atomic E-state index is 0.276. The minimum atomic E-state index is -1.79. The van der Waals surface area contributed by atoms with Crippen LogP contribution in [-0.4, -0.2) is 28.8 Å². The van der Waals surface area contributed by atoms with Crippen LogP contribution in [0.2, 0.25) is 25.3 Å². The van der Waals surface area contributed by atoms with Gasteiger partial charge >= 0.3 is 0 Å². The lowest BCUT2D eigenvalue weighted by Crippen LogP contribution is -2.47. The SMILES string of the molecule is C=C[Si](C)(C[Si](C)(C)OC(C)C)OC(C)C. The van der Waals surface area contributed by atoms with Crippen LogP contribution in [0.4, 0.5) is 0 Å². The Morgan fingerprint density at radius 1 is 1.00 bits per heavy atom. The van der Waals surface area contributed by atoms with Crippen molar-refractivity contribution in [2.24, 2.45) is 0 Å². The molecule has 1 atom stereocenters. The highest BCUT2D eigenvalue weighted by atomic mass is 28.4. The Balaban J connectivity index is 4.56. The van der Waals surface area contributed by atoms with E-state index >= 15 is 0 Å². The van der Waals surface area contributed by atoms with Crippen molar-refractivity contribution < 1.29 is 8.85 Å². The van der Waals surface area contributed by atoms with Gasteiger partial charge in [0.15, 0.2) is 8.32 Å². The van der Waals surface area contributed by atoms with Gasteiger partial charge in [-0.3, -0.25) is 0 Å². The van der Waals surface area contributed by atoms with Crippen LogP contribution in [0, 0.1) is 0 Å². The van der Waals surface area contributed by atoms with Crippen LogP contribution in [0.25, 0.3) is 0 Å². The average molecular weight is 261 g/mol. The van der Waals surface area contributed by atoms with Gasteiger partial charge < -0.3 is 8.85 Å². The highest BCUT2D eigenvalue weighted by Gasteiger charge is 2.37. The van der Waals surface area contributed by atoms with E-state index in [2.05, 4.69) is 53.9 Å². The van der Waals surface area contributed by atoms with Crippen LogP contribution in [0.3, 0.4) is 0 Å². The molecular weight excluding hydrogens is 232 g/mol. The summed E-state index contributed by atoms with van der Waals surface area (Å²) in [6.45, 7) is 19.1. The lowest BCUT2D eigenvalue weighted by Gasteiger charge is -2.34. The van der Waals surface area contributed by atoms with Crippen molar-refractivity contribution in [1.82, 2.24) is 0 Å². The first-order chi connectivity index (χ1) is 7.10. The van der Waals surface area contributed by atoms with Crippen molar-refractivity contribution in [2.75, 3.05) is 0 Å². The molecule has 0 N–H and O–H groups in total. The molecule has 0 fully saturated rings. The fourth-order valence-electron chi connectivity index (χ4n) is 2.23. The predicted octanol–water partition coefficient (Wildman–Crippen LogP) is 3.88. The Labute approximate surface area is 103 Å². The van der Waals surface area contributed by atoms with E-state index in [9.17, 15) is 0 Å². The van der Waals surface area contributed by atoms with Crippen LogP contribution in [0.15, 0.2) is 12.3 Å². The lowest BCUT2D eigenvalue weighted by molar-refractivity contribution is 0.222. The van der Waals surface area contributed by atoms with Crippen molar-refractivity contribution in [3.05, 3.63) is 12.3 Å². The zero-order valence-electron chi connectivity index (χ0n) is 12.0. The van der Waals surface area contributed by atoms with Crippen LogP contribution < -0.4 is 0 Å². The molecule has 0 rings (SSSR count). The van der Waals surface area contributed by atoms with E-state index in [0.29, 0.717) is 6.10 Å². The van der Waals surface area contributed by atoms with Crippen LogP contribution in [-0.2, 0) is 8.85 Å². The number of hydrogen-bond acceptors (Lipinski definition) is 2. The van der Waals surface area contributed by atoms with Crippen molar-refractivity contribution in [1.29, 1.82) is 0 Å². The average Bonchev–Trinajstić information content (AvgIpc) is 1.98. The van der Waals surface area contributed by atoms with Crippen molar-refractivity contribution in [3.63, 3.8) is 0 Å². The van der Waals surface area contributed by atoms with Crippen molar-refractivity contribution >= 4 is 16.6 Å². The molecule has 1 unspecified atom stereocenters. The van der Waals surface area contributed by atoms with E-state index in [1.807, 2.05) is 5.70 Å². The maximum atomic E-state index is 6.08. The number of hydrogen-bond donors (Lipinski definition) is 0. The molecule has 0 heterocycles. The Morgan fingerprint density at radius 2 is 1.44 bits per heavy atom. The molecule has 4 heteroatoms. The van der Waals surface area contributed by atoms with Crippen molar-refractivity contribution in [3.8, 4) is 0 Å². The second-order valence-corrected chi connectivity index (χ2v) is 14.2. The third-order valence-corrected chi connectivity index (χ3v) is 11.5. The van der Waals surface area contributed by atoms with E-state index < -0.39 is 16.6 Å². The van der Waals surface area contributed by atoms with Gasteiger partial charge in [-0.2, -0.15) is 0 Å². The van der Waals surface area contributed by atoms with E-state index in [1.54, 1.807) is 0 Å². The predicted molar refractivity (Wildman–Crippen MR) is 76.5 cm³/mol. The summed E-state index contributed by atoms with van der Waals surface area (Å²) in [4.78, 5) is 0. The summed E-state index contributed by atoms with van der Waals surface area (Å²) in [5, 5.41) is 0. The molecule has 0 aliphatic heterocycles. The van der Waals surface area contributed by atoms with Gasteiger partial charge in [0.1, 0.15) is 0 Å². The van der Waals surface area contributed by atoms with Gasteiger partial charge in [0, 0.05) is 12.2 Å². The van der Waals surface area contributed by atoms with E-state index in [0.717, 1.165) is 5.67 Å². The summed E-state index contributed by atoms with van der Waals surface area (Å²) >= 11 is 0. The molecule has 16 heavy (non-hydrogen) atoms. The fourth-order valence-corrected chi connectivity index (χ4v) is 12.7. The first-order valence-electron chi connectivity index (χ1n) is 6.09. The molecule has 0 saturated carbocycles. The molecular formula is C12H28O2Si2. The molecule has 0 aliphatic rings. The summed E-state index contributed by atoms with van der Waals surface area (Å²) in [7, 11) is -3.41. The van der Waals surface area contributed by atoms with E-state index in [1.165, 1.54) is 0 Å². The smallest absolute Gasteiger partial charge is 0.213 e. The normalized spacial score (nSPS) is 16.6. The third kappa shape index (κ3) is 6.63. The topological polar surface area (TPSA) is 18.5 Å². The maximum Gasteiger partial charge on any atom is 0.213 e. The van der Waals surface area contributed by atoms with Crippen LogP contribution >= 0.6 is 0 Å². The zero-order chi connectivity index (χ0) is 13.0. The summed E-state index contributed by atoms with van der Waals surface area (Å²) in [5.74, 6) is 0. The summed E-state index contributed by atoms with van der Waals surface area (Å²) in [6.07, 6.45) is 0.585. The summed E-state index contributed by atoms with van der Waals surface area (Å²) in [6, 6.07) is 0. The third-order valence-electron chi connectivity index (χ3n) is 2.27. The Kier molecular flexibility index (Phi) is 6.18. The van der Waals surface area contributed by atoms with Gasteiger partial charge in [0.2, 0.25) is 8.32 Å². The molecule has 0 saturated heterocycles. The molecule has 0 spiro atoms. The van der Waals surface area contributed by atoms with E-state index in [-0.39, 0.29) is 6.10 Å².